The zero-order valence-electron chi connectivity index (χ0n) is 10.8. The lowest BCUT2D eigenvalue weighted by Gasteiger charge is -2.20. The van der Waals surface area contributed by atoms with Gasteiger partial charge in [0.1, 0.15) is 11.6 Å². The van der Waals surface area contributed by atoms with E-state index in [9.17, 15) is 9.18 Å². The molecule has 0 radical (unpaired) electrons. The molecule has 0 unspecified atom stereocenters. The molecule has 0 aliphatic rings. The topological polar surface area (TPSA) is 59.2 Å². The van der Waals surface area contributed by atoms with Gasteiger partial charge in [-0.3, -0.25) is 4.79 Å². The summed E-state index contributed by atoms with van der Waals surface area (Å²) in [6.45, 7) is 0.467. The Morgan fingerprint density at radius 3 is 2.65 bits per heavy atom. The van der Waals surface area contributed by atoms with Crippen molar-refractivity contribution >= 4 is 23.3 Å². The normalized spacial score (nSPS) is 10.3. The Hall–Kier alpha value is -2.14. The Kier molecular flexibility index (Phi) is 4.20. The molecule has 0 bridgehead atoms. The number of aromatic nitrogens is 1. The maximum atomic E-state index is 12.9. The van der Waals surface area contributed by atoms with Crippen molar-refractivity contribution in [2.75, 3.05) is 11.9 Å². The number of hydrogen-bond donors (Lipinski definition) is 1. The van der Waals surface area contributed by atoms with E-state index >= 15 is 0 Å². The van der Waals surface area contributed by atoms with Gasteiger partial charge in [-0.25, -0.2) is 9.37 Å². The Labute approximate surface area is 121 Å². The second kappa shape index (κ2) is 5.88. The fourth-order valence-electron chi connectivity index (χ4n) is 1.86. The standard InChI is InChI=1S/C14H13ClFN3O/c1-19(8-9-2-4-11(16)5-3-9)14-12(13(17)20)6-10(15)7-18-14/h2-7H,8H2,1H3,(H2,17,20). The molecule has 0 aliphatic heterocycles. The van der Waals surface area contributed by atoms with Crippen LogP contribution in [0, 0.1) is 5.82 Å². The lowest BCUT2D eigenvalue weighted by molar-refractivity contribution is 0.100. The molecule has 0 atom stereocenters. The molecule has 104 valence electrons. The van der Waals surface area contributed by atoms with Gasteiger partial charge in [-0.2, -0.15) is 0 Å². The summed E-state index contributed by atoms with van der Waals surface area (Å²) in [5, 5.41) is 0.345. The molecule has 1 heterocycles. The van der Waals surface area contributed by atoms with Crippen LogP contribution in [0.2, 0.25) is 5.02 Å². The number of pyridine rings is 1. The van der Waals surface area contributed by atoms with Gasteiger partial charge in [0.15, 0.2) is 0 Å². The minimum Gasteiger partial charge on any atom is -0.365 e. The predicted molar refractivity (Wildman–Crippen MR) is 76.3 cm³/mol. The third-order valence-corrected chi connectivity index (χ3v) is 3.00. The maximum absolute atomic E-state index is 12.9. The highest BCUT2D eigenvalue weighted by molar-refractivity contribution is 6.31. The lowest BCUT2D eigenvalue weighted by Crippen LogP contribution is -2.23. The van der Waals surface area contributed by atoms with Gasteiger partial charge in [0.25, 0.3) is 5.91 Å². The van der Waals surface area contributed by atoms with Crippen molar-refractivity contribution in [1.82, 2.24) is 4.98 Å². The van der Waals surface area contributed by atoms with Crippen LogP contribution in [0.3, 0.4) is 0 Å². The van der Waals surface area contributed by atoms with Crippen molar-refractivity contribution in [2.45, 2.75) is 6.54 Å². The summed E-state index contributed by atoms with van der Waals surface area (Å²) in [6, 6.07) is 7.59. The average molecular weight is 294 g/mol. The molecule has 1 aromatic carbocycles. The van der Waals surface area contributed by atoms with E-state index in [4.69, 9.17) is 17.3 Å². The van der Waals surface area contributed by atoms with E-state index in [-0.39, 0.29) is 11.4 Å². The molecule has 1 aromatic heterocycles. The number of carbonyl (C=O) groups excluding carboxylic acids is 1. The minimum atomic E-state index is -0.596. The largest absolute Gasteiger partial charge is 0.365 e. The van der Waals surface area contributed by atoms with Gasteiger partial charge in [0.05, 0.1) is 10.6 Å². The number of anilines is 1. The van der Waals surface area contributed by atoms with E-state index in [1.807, 2.05) is 0 Å². The quantitative estimate of drug-likeness (QED) is 0.942. The second-order valence-electron chi connectivity index (χ2n) is 4.37. The van der Waals surface area contributed by atoms with Gasteiger partial charge in [0, 0.05) is 19.8 Å². The summed E-state index contributed by atoms with van der Waals surface area (Å²) in [5.74, 6) is -0.453. The smallest absolute Gasteiger partial charge is 0.252 e. The van der Waals surface area contributed by atoms with Crippen LogP contribution in [0.1, 0.15) is 15.9 Å². The summed E-state index contributed by atoms with van der Waals surface area (Å²) in [7, 11) is 1.77. The predicted octanol–water partition coefficient (Wildman–Crippen LogP) is 2.61. The van der Waals surface area contributed by atoms with Crippen molar-refractivity contribution in [3.8, 4) is 0 Å². The SMILES string of the molecule is CN(Cc1ccc(F)cc1)c1ncc(Cl)cc1C(N)=O. The molecule has 2 aromatic rings. The third kappa shape index (κ3) is 3.24. The molecule has 6 heteroatoms. The summed E-state index contributed by atoms with van der Waals surface area (Å²) >= 11 is 5.81. The summed E-state index contributed by atoms with van der Waals surface area (Å²) < 4.78 is 12.9. The highest BCUT2D eigenvalue weighted by atomic mass is 35.5. The van der Waals surface area contributed by atoms with E-state index in [2.05, 4.69) is 4.98 Å². The fraction of sp³-hybridized carbons (Fsp3) is 0.143. The van der Waals surface area contributed by atoms with Crippen molar-refractivity contribution in [1.29, 1.82) is 0 Å². The number of rotatable bonds is 4. The van der Waals surface area contributed by atoms with Crippen LogP contribution in [0.5, 0.6) is 0 Å². The number of benzene rings is 1. The molecule has 0 fully saturated rings. The van der Waals surface area contributed by atoms with Crippen molar-refractivity contribution in [2.24, 2.45) is 5.73 Å². The van der Waals surface area contributed by atoms with Crippen LogP contribution in [0.25, 0.3) is 0 Å². The van der Waals surface area contributed by atoms with E-state index in [1.165, 1.54) is 24.4 Å². The molecule has 2 rings (SSSR count). The van der Waals surface area contributed by atoms with E-state index in [1.54, 1.807) is 24.1 Å². The number of carbonyl (C=O) groups is 1. The van der Waals surface area contributed by atoms with E-state index < -0.39 is 5.91 Å². The van der Waals surface area contributed by atoms with Crippen molar-refractivity contribution in [3.05, 3.63) is 58.5 Å². The first-order valence-corrected chi connectivity index (χ1v) is 6.26. The third-order valence-electron chi connectivity index (χ3n) is 2.79. The Balaban J connectivity index is 2.27. The van der Waals surface area contributed by atoms with Crippen LogP contribution in [0.15, 0.2) is 36.5 Å². The maximum Gasteiger partial charge on any atom is 0.252 e. The highest BCUT2D eigenvalue weighted by Crippen LogP contribution is 2.21. The second-order valence-corrected chi connectivity index (χ2v) is 4.81. The molecule has 1 amide bonds. The fourth-order valence-corrected chi connectivity index (χ4v) is 2.01. The molecule has 0 aliphatic carbocycles. The van der Waals surface area contributed by atoms with Gasteiger partial charge in [0.2, 0.25) is 0 Å². The first-order valence-electron chi connectivity index (χ1n) is 5.88. The van der Waals surface area contributed by atoms with Gasteiger partial charge in [-0.15, -0.1) is 0 Å². The lowest BCUT2D eigenvalue weighted by atomic mass is 10.2. The molecular weight excluding hydrogens is 281 g/mol. The molecule has 0 saturated carbocycles. The summed E-state index contributed by atoms with van der Waals surface area (Å²) in [4.78, 5) is 17.3. The highest BCUT2D eigenvalue weighted by Gasteiger charge is 2.14. The van der Waals surface area contributed by atoms with Gasteiger partial charge < -0.3 is 10.6 Å². The van der Waals surface area contributed by atoms with Crippen molar-refractivity contribution in [3.63, 3.8) is 0 Å². The van der Waals surface area contributed by atoms with Gasteiger partial charge >= 0.3 is 0 Å². The monoisotopic (exact) mass is 293 g/mol. The number of primary amides is 1. The van der Waals surface area contributed by atoms with Crippen LogP contribution in [0.4, 0.5) is 10.2 Å². The first-order chi connectivity index (χ1) is 9.47. The molecule has 20 heavy (non-hydrogen) atoms. The van der Waals surface area contributed by atoms with Crippen LogP contribution in [-0.4, -0.2) is 17.9 Å². The number of hydrogen-bond acceptors (Lipinski definition) is 3. The number of nitrogens with two attached hydrogens (primary N) is 1. The Morgan fingerprint density at radius 2 is 2.05 bits per heavy atom. The van der Waals surface area contributed by atoms with Gasteiger partial charge in [-0.1, -0.05) is 23.7 Å². The zero-order valence-corrected chi connectivity index (χ0v) is 11.6. The van der Waals surface area contributed by atoms with Crippen LogP contribution >= 0.6 is 11.6 Å². The zero-order chi connectivity index (χ0) is 14.7. The summed E-state index contributed by atoms with van der Waals surface area (Å²) in [6.07, 6.45) is 1.45. The van der Waals surface area contributed by atoms with E-state index in [0.717, 1.165) is 5.56 Å². The van der Waals surface area contributed by atoms with E-state index in [0.29, 0.717) is 17.4 Å². The van der Waals surface area contributed by atoms with Gasteiger partial charge in [-0.05, 0) is 23.8 Å². The minimum absolute atomic E-state index is 0.252. The summed E-state index contributed by atoms with van der Waals surface area (Å²) in [5.41, 5.74) is 6.46. The van der Waals surface area contributed by atoms with Crippen molar-refractivity contribution < 1.29 is 9.18 Å². The first kappa shape index (κ1) is 14.3. The number of halogens is 2. The molecule has 0 saturated heterocycles. The molecule has 2 N–H and O–H groups in total. The number of amides is 1. The van der Waals surface area contributed by atoms with Crippen LogP contribution in [-0.2, 0) is 6.54 Å². The Morgan fingerprint density at radius 1 is 1.40 bits per heavy atom. The van der Waals surface area contributed by atoms with Crippen LogP contribution < -0.4 is 10.6 Å². The number of nitrogens with zero attached hydrogens (tertiary/aromatic N) is 2. The molecular formula is C14H13ClFN3O. The molecule has 0 spiro atoms. The molecule has 4 nitrogen and oxygen atoms in total. The Bertz CT molecular complexity index is 631. The average Bonchev–Trinajstić information content (AvgIpc) is 2.41.